The van der Waals surface area contributed by atoms with Crippen LogP contribution in [0, 0.1) is 3.95 Å². The summed E-state index contributed by atoms with van der Waals surface area (Å²) < 4.78 is 12.4. The predicted molar refractivity (Wildman–Crippen MR) is 102 cm³/mol. The molecule has 1 saturated heterocycles. The van der Waals surface area contributed by atoms with Gasteiger partial charge in [0.05, 0.1) is 25.4 Å². The largest absolute Gasteiger partial charge is 0.462 e. The summed E-state index contributed by atoms with van der Waals surface area (Å²) in [5.74, 6) is -0.215. The Kier molecular flexibility index (Phi) is 5.70. The van der Waals surface area contributed by atoms with E-state index >= 15 is 0 Å². The summed E-state index contributed by atoms with van der Waals surface area (Å²) in [6.45, 7) is 4.19. The lowest BCUT2D eigenvalue weighted by Gasteiger charge is -2.26. The van der Waals surface area contributed by atoms with Gasteiger partial charge in [-0.2, -0.15) is 0 Å². The average Bonchev–Trinajstić information content (AvgIpc) is 2.96. The zero-order valence-electron chi connectivity index (χ0n) is 14.3. The van der Waals surface area contributed by atoms with E-state index < -0.39 is 0 Å². The zero-order chi connectivity index (χ0) is 18.7. The molecule has 2 N–H and O–H groups in total. The van der Waals surface area contributed by atoms with E-state index in [9.17, 15) is 9.59 Å². The van der Waals surface area contributed by atoms with E-state index in [0.717, 1.165) is 0 Å². The van der Waals surface area contributed by atoms with E-state index in [-0.39, 0.29) is 11.9 Å². The molecule has 1 aliphatic heterocycles. The Bertz CT molecular complexity index is 867. The lowest BCUT2D eigenvalue weighted by molar-refractivity contribution is 0.0306. The van der Waals surface area contributed by atoms with Crippen molar-refractivity contribution < 1.29 is 19.1 Å². The summed E-state index contributed by atoms with van der Waals surface area (Å²) in [5.41, 5.74) is 7.36. The molecule has 2 aromatic rings. The predicted octanol–water partition coefficient (Wildman–Crippen LogP) is 2.50. The molecular weight excluding hydrogens is 374 g/mol. The van der Waals surface area contributed by atoms with Crippen molar-refractivity contribution >= 4 is 41.2 Å². The van der Waals surface area contributed by atoms with Crippen molar-refractivity contribution in [2.24, 2.45) is 0 Å². The zero-order valence-corrected chi connectivity index (χ0v) is 15.9. The normalized spacial score (nSPS) is 14.3. The number of thiazole rings is 1. The molecule has 1 amide bonds. The van der Waals surface area contributed by atoms with Crippen LogP contribution in [0.2, 0.25) is 0 Å². The first kappa shape index (κ1) is 18.6. The van der Waals surface area contributed by atoms with E-state index in [4.69, 9.17) is 27.4 Å². The van der Waals surface area contributed by atoms with Crippen LogP contribution in [0.4, 0.5) is 5.82 Å². The number of amides is 1. The van der Waals surface area contributed by atoms with Gasteiger partial charge in [0.1, 0.15) is 10.7 Å². The summed E-state index contributed by atoms with van der Waals surface area (Å²) in [6.07, 6.45) is 0. The van der Waals surface area contributed by atoms with Crippen molar-refractivity contribution in [1.82, 2.24) is 9.47 Å². The van der Waals surface area contributed by atoms with Gasteiger partial charge in [-0.25, -0.2) is 4.79 Å². The van der Waals surface area contributed by atoms with Gasteiger partial charge in [0.2, 0.25) is 0 Å². The molecule has 1 aromatic carbocycles. The van der Waals surface area contributed by atoms with Crippen LogP contribution in [0.3, 0.4) is 0 Å². The van der Waals surface area contributed by atoms with Crippen LogP contribution in [0.15, 0.2) is 24.3 Å². The fourth-order valence-electron chi connectivity index (χ4n) is 2.65. The highest BCUT2D eigenvalue weighted by atomic mass is 32.1. The van der Waals surface area contributed by atoms with E-state index in [1.54, 1.807) is 40.7 Å². The fourth-order valence-corrected chi connectivity index (χ4v) is 3.99. The van der Waals surface area contributed by atoms with Gasteiger partial charge in [0, 0.05) is 18.8 Å². The molecule has 0 saturated carbocycles. The molecule has 9 heteroatoms. The number of hydrogen-bond acceptors (Lipinski definition) is 7. The van der Waals surface area contributed by atoms with Gasteiger partial charge >= 0.3 is 5.97 Å². The van der Waals surface area contributed by atoms with Crippen molar-refractivity contribution in [3.05, 3.63) is 38.7 Å². The molecule has 3 rings (SSSR count). The summed E-state index contributed by atoms with van der Waals surface area (Å²) in [4.78, 5) is 26.6. The summed E-state index contributed by atoms with van der Waals surface area (Å²) >= 11 is 6.59. The molecule has 1 fully saturated rings. The first-order chi connectivity index (χ1) is 12.5. The number of morpholine rings is 1. The van der Waals surface area contributed by atoms with Gasteiger partial charge in [-0.15, -0.1) is 0 Å². The third-order valence-electron chi connectivity index (χ3n) is 3.97. The van der Waals surface area contributed by atoms with Crippen molar-refractivity contribution in [1.29, 1.82) is 0 Å². The Morgan fingerprint density at radius 2 is 1.92 bits per heavy atom. The highest BCUT2D eigenvalue weighted by Crippen LogP contribution is 2.28. The molecule has 2 heterocycles. The third kappa shape index (κ3) is 3.64. The Balaban J connectivity index is 1.89. The first-order valence-electron chi connectivity index (χ1n) is 8.18. The maximum absolute atomic E-state index is 12.7. The number of nitrogen functional groups attached to an aromatic ring is 1. The Morgan fingerprint density at radius 1 is 1.27 bits per heavy atom. The number of esters is 1. The highest BCUT2D eigenvalue weighted by Gasteiger charge is 2.24. The minimum atomic E-state index is -0.385. The Hall–Kier alpha value is -2.23. The van der Waals surface area contributed by atoms with Crippen LogP contribution < -0.4 is 5.73 Å². The fraction of sp³-hybridized carbons (Fsp3) is 0.353. The standard InChI is InChI=1S/C17H19N3O4S2/c1-2-24-16(22)11-3-5-12(6-4-11)20-14(18)13(26-17(20)25)15(21)19-7-9-23-10-8-19/h3-6H,2,7-10,18H2,1H3. The number of rotatable bonds is 4. The van der Waals surface area contributed by atoms with Gasteiger partial charge in [-0.05, 0) is 43.4 Å². The van der Waals surface area contributed by atoms with Crippen molar-refractivity contribution in [3.8, 4) is 5.69 Å². The van der Waals surface area contributed by atoms with Gasteiger partial charge in [0.15, 0.2) is 3.95 Å². The number of nitrogens with two attached hydrogens (primary N) is 1. The van der Waals surface area contributed by atoms with Crippen LogP contribution in [0.1, 0.15) is 27.0 Å². The van der Waals surface area contributed by atoms with Crippen LogP contribution in [-0.4, -0.2) is 54.3 Å². The number of ether oxygens (including phenoxy) is 2. The topological polar surface area (TPSA) is 86.8 Å². The number of carbonyl (C=O) groups is 2. The molecular formula is C17H19N3O4S2. The van der Waals surface area contributed by atoms with E-state index in [1.165, 1.54) is 11.3 Å². The lowest BCUT2D eigenvalue weighted by atomic mass is 10.2. The molecule has 0 bridgehead atoms. The number of hydrogen-bond donors (Lipinski definition) is 1. The van der Waals surface area contributed by atoms with Gasteiger partial charge in [-0.1, -0.05) is 11.3 Å². The van der Waals surface area contributed by atoms with Crippen LogP contribution in [0.25, 0.3) is 5.69 Å². The quantitative estimate of drug-likeness (QED) is 0.634. The van der Waals surface area contributed by atoms with Crippen molar-refractivity contribution in [3.63, 3.8) is 0 Å². The molecule has 1 aliphatic rings. The molecule has 138 valence electrons. The maximum atomic E-state index is 12.7. The van der Waals surface area contributed by atoms with Gasteiger partial charge < -0.3 is 20.1 Å². The average molecular weight is 393 g/mol. The van der Waals surface area contributed by atoms with Crippen LogP contribution >= 0.6 is 23.6 Å². The molecule has 0 spiro atoms. The van der Waals surface area contributed by atoms with Crippen LogP contribution in [-0.2, 0) is 9.47 Å². The molecule has 0 radical (unpaired) electrons. The number of nitrogens with zero attached hydrogens (tertiary/aromatic N) is 2. The van der Waals surface area contributed by atoms with Crippen molar-refractivity contribution in [2.45, 2.75) is 6.92 Å². The van der Waals surface area contributed by atoms with E-state index in [2.05, 4.69) is 0 Å². The number of aromatic nitrogens is 1. The highest BCUT2D eigenvalue weighted by molar-refractivity contribution is 7.73. The first-order valence-corrected chi connectivity index (χ1v) is 9.41. The minimum absolute atomic E-state index is 0.135. The Labute approximate surface area is 159 Å². The molecule has 7 nitrogen and oxygen atoms in total. The van der Waals surface area contributed by atoms with E-state index in [0.29, 0.717) is 58.8 Å². The summed E-state index contributed by atoms with van der Waals surface area (Å²) in [7, 11) is 0. The molecule has 26 heavy (non-hydrogen) atoms. The number of benzene rings is 1. The summed E-state index contributed by atoms with van der Waals surface area (Å²) in [5, 5.41) is 0. The minimum Gasteiger partial charge on any atom is -0.462 e. The molecule has 0 unspecified atom stereocenters. The lowest BCUT2D eigenvalue weighted by Crippen LogP contribution is -2.40. The van der Waals surface area contributed by atoms with Gasteiger partial charge in [-0.3, -0.25) is 9.36 Å². The second-order valence-corrected chi connectivity index (χ2v) is 7.23. The second kappa shape index (κ2) is 7.98. The van der Waals surface area contributed by atoms with Crippen molar-refractivity contribution in [2.75, 3.05) is 38.6 Å². The third-order valence-corrected chi connectivity index (χ3v) is 5.35. The summed E-state index contributed by atoms with van der Waals surface area (Å²) in [6, 6.07) is 6.76. The number of carbonyl (C=O) groups excluding carboxylic acids is 2. The molecule has 1 aromatic heterocycles. The van der Waals surface area contributed by atoms with Gasteiger partial charge in [0.25, 0.3) is 5.91 Å². The van der Waals surface area contributed by atoms with Crippen LogP contribution in [0.5, 0.6) is 0 Å². The smallest absolute Gasteiger partial charge is 0.338 e. The molecule has 0 atom stereocenters. The SMILES string of the molecule is CCOC(=O)c1ccc(-n2c(N)c(C(=O)N3CCOCC3)sc2=S)cc1. The monoisotopic (exact) mass is 393 g/mol. The maximum Gasteiger partial charge on any atom is 0.338 e. The number of anilines is 1. The second-order valence-electron chi connectivity index (χ2n) is 5.59. The Morgan fingerprint density at radius 3 is 2.54 bits per heavy atom. The van der Waals surface area contributed by atoms with E-state index in [1.807, 2.05) is 0 Å². The molecule has 0 aliphatic carbocycles.